The SMILES string of the molecule is CC(=O)Nc1cccc(-c2cncc(-c3ccc(NS(C)(=O)=O)cc3)c2)c1. The highest BCUT2D eigenvalue weighted by molar-refractivity contribution is 7.92. The summed E-state index contributed by atoms with van der Waals surface area (Å²) < 4.78 is 25.0. The Hall–Kier alpha value is -3.19. The molecule has 1 aromatic heterocycles. The number of pyridine rings is 1. The molecule has 138 valence electrons. The van der Waals surface area contributed by atoms with Crippen LogP contribution in [0.25, 0.3) is 22.3 Å². The van der Waals surface area contributed by atoms with E-state index in [-0.39, 0.29) is 5.91 Å². The van der Waals surface area contributed by atoms with Crippen molar-refractivity contribution < 1.29 is 13.2 Å². The molecule has 0 aliphatic carbocycles. The van der Waals surface area contributed by atoms with Crippen molar-refractivity contribution in [2.45, 2.75) is 6.92 Å². The van der Waals surface area contributed by atoms with Gasteiger partial charge in [-0.05, 0) is 41.5 Å². The Balaban J connectivity index is 1.89. The van der Waals surface area contributed by atoms with E-state index in [1.54, 1.807) is 24.5 Å². The van der Waals surface area contributed by atoms with Crippen LogP contribution in [0.1, 0.15) is 6.92 Å². The normalized spacial score (nSPS) is 11.0. The van der Waals surface area contributed by atoms with E-state index in [2.05, 4.69) is 15.0 Å². The molecule has 1 amide bonds. The molecule has 0 fully saturated rings. The summed E-state index contributed by atoms with van der Waals surface area (Å²) in [7, 11) is -3.30. The number of carbonyl (C=O) groups is 1. The number of nitrogens with zero attached hydrogens (tertiary/aromatic N) is 1. The molecule has 0 bridgehead atoms. The van der Waals surface area contributed by atoms with Crippen LogP contribution in [0.4, 0.5) is 11.4 Å². The van der Waals surface area contributed by atoms with E-state index >= 15 is 0 Å². The third-order valence-corrected chi connectivity index (χ3v) is 4.38. The quantitative estimate of drug-likeness (QED) is 0.705. The van der Waals surface area contributed by atoms with E-state index in [9.17, 15) is 13.2 Å². The topological polar surface area (TPSA) is 88.2 Å². The zero-order chi connectivity index (χ0) is 19.4. The smallest absolute Gasteiger partial charge is 0.229 e. The Morgan fingerprint density at radius 1 is 0.852 bits per heavy atom. The molecule has 2 N–H and O–H groups in total. The van der Waals surface area contributed by atoms with Crippen LogP contribution in [-0.4, -0.2) is 25.6 Å². The fraction of sp³-hybridized carbons (Fsp3) is 0.100. The van der Waals surface area contributed by atoms with Gasteiger partial charge < -0.3 is 5.32 Å². The number of nitrogens with one attached hydrogen (secondary N) is 2. The van der Waals surface area contributed by atoms with Crippen LogP contribution in [0.15, 0.2) is 67.0 Å². The van der Waals surface area contributed by atoms with E-state index in [1.165, 1.54) is 6.92 Å². The third kappa shape index (κ3) is 5.15. The minimum Gasteiger partial charge on any atom is -0.326 e. The Bertz CT molecular complexity index is 1080. The van der Waals surface area contributed by atoms with Crippen LogP contribution in [0, 0.1) is 0 Å². The van der Waals surface area contributed by atoms with Crippen molar-refractivity contribution in [3.05, 3.63) is 67.0 Å². The molecule has 6 nitrogen and oxygen atoms in total. The van der Waals surface area contributed by atoms with Gasteiger partial charge in [-0.3, -0.25) is 14.5 Å². The van der Waals surface area contributed by atoms with Crippen LogP contribution < -0.4 is 10.0 Å². The first kappa shape index (κ1) is 18.6. The second-order valence-corrected chi connectivity index (χ2v) is 7.92. The molecule has 0 atom stereocenters. The van der Waals surface area contributed by atoms with Crippen LogP contribution in [0.3, 0.4) is 0 Å². The van der Waals surface area contributed by atoms with Gasteiger partial charge >= 0.3 is 0 Å². The fourth-order valence-corrected chi connectivity index (χ4v) is 3.24. The number of amides is 1. The highest BCUT2D eigenvalue weighted by atomic mass is 32.2. The highest BCUT2D eigenvalue weighted by Gasteiger charge is 2.06. The summed E-state index contributed by atoms with van der Waals surface area (Å²) in [5, 5.41) is 2.77. The Labute approximate surface area is 158 Å². The van der Waals surface area contributed by atoms with E-state index in [0.29, 0.717) is 5.69 Å². The number of benzene rings is 2. The number of aromatic nitrogens is 1. The molecule has 27 heavy (non-hydrogen) atoms. The lowest BCUT2D eigenvalue weighted by atomic mass is 10.0. The number of hydrogen-bond acceptors (Lipinski definition) is 4. The van der Waals surface area contributed by atoms with Gasteiger partial charge in [-0.25, -0.2) is 8.42 Å². The molecule has 0 saturated heterocycles. The summed E-state index contributed by atoms with van der Waals surface area (Å²) in [6.45, 7) is 1.47. The predicted molar refractivity (Wildman–Crippen MR) is 108 cm³/mol. The number of hydrogen-bond donors (Lipinski definition) is 2. The van der Waals surface area contributed by atoms with Gasteiger partial charge in [-0.1, -0.05) is 24.3 Å². The van der Waals surface area contributed by atoms with Crippen molar-refractivity contribution in [1.82, 2.24) is 4.98 Å². The van der Waals surface area contributed by atoms with Crippen molar-refractivity contribution in [2.24, 2.45) is 0 Å². The monoisotopic (exact) mass is 381 g/mol. The summed E-state index contributed by atoms with van der Waals surface area (Å²) in [6.07, 6.45) is 4.62. The van der Waals surface area contributed by atoms with Crippen molar-refractivity contribution in [3.8, 4) is 22.3 Å². The zero-order valence-corrected chi connectivity index (χ0v) is 15.7. The van der Waals surface area contributed by atoms with E-state index in [1.807, 2.05) is 42.5 Å². The number of anilines is 2. The lowest BCUT2D eigenvalue weighted by Crippen LogP contribution is -2.09. The molecule has 2 aromatic carbocycles. The van der Waals surface area contributed by atoms with Crippen LogP contribution in [0.5, 0.6) is 0 Å². The first-order valence-corrected chi connectivity index (χ1v) is 10.1. The largest absolute Gasteiger partial charge is 0.326 e. The van der Waals surface area contributed by atoms with Gasteiger partial charge in [0.2, 0.25) is 15.9 Å². The Kier molecular flexibility index (Phi) is 5.23. The molecule has 3 rings (SSSR count). The molecule has 3 aromatic rings. The van der Waals surface area contributed by atoms with E-state index < -0.39 is 10.0 Å². The summed E-state index contributed by atoms with van der Waals surface area (Å²) in [5.74, 6) is -0.123. The lowest BCUT2D eigenvalue weighted by molar-refractivity contribution is -0.114. The van der Waals surface area contributed by atoms with Crippen molar-refractivity contribution >= 4 is 27.3 Å². The minimum absolute atomic E-state index is 0.123. The molecule has 1 heterocycles. The second-order valence-electron chi connectivity index (χ2n) is 6.18. The van der Waals surface area contributed by atoms with Crippen LogP contribution >= 0.6 is 0 Å². The van der Waals surface area contributed by atoms with Crippen molar-refractivity contribution in [3.63, 3.8) is 0 Å². The van der Waals surface area contributed by atoms with Gasteiger partial charge in [0, 0.05) is 41.8 Å². The molecule has 0 radical (unpaired) electrons. The average molecular weight is 381 g/mol. The molecule has 0 aliphatic heterocycles. The predicted octanol–water partition coefficient (Wildman–Crippen LogP) is 3.75. The maximum atomic E-state index is 11.3. The molecule has 0 spiro atoms. The van der Waals surface area contributed by atoms with Crippen molar-refractivity contribution in [2.75, 3.05) is 16.3 Å². The first-order chi connectivity index (χ1) is 12.8. The molecule has 0 saturated carbocycles. The van der Waals surface area contributed by atoms with Gasteiger partial charge in [-0.15, -0.1) is 0 Å². The Morgan fingerprint density at radius 2 is 1.52 bits per heavy atom. The number of rotatable bonds is 5. The number of carbonyl (C=O) groups excluding carboxylic acids is 1. The average Bonchev–Trinajstić information content (AvgIpc) is 2.61. The standard InChI is InChI=1S/C20H19N3O3S/c1-14(24)22-20-5-3-4-16(11-20)18-10-17(12-21-13-18)15-6-8-19(9-7-15)23-27(2,25)26/h3-13,23H,1-2H3,(H,22,24). The van der Waals surface area contributed by atoms with E-state index in [4.69, 9.17) is 0 Å². The maximum absolute atomic E-state index is 11.3. The summed E-state index contributed by atoms with van der Waals surface area (Å²) in [5.41, 5.74) is 4.91. The van der Waals surface area contributed by atoms with Gasteiger partial charge in [0.25, 0.3) is 0 Å². The highest BCUT2D eigenvalue weighted by Crippen LogP contribution is 2.27. The maximum Gasteiger partial charge on any atom is 0.229 e. The van der Waals surface area contributed by atoms with Gasteiger partial charge in [0.15, 0.2) is 0 Å². The summed E-state index contributed by atoms with van der Waals surface area (Å²) in [4.78, 5) is 15.6. The Morgan fingerprint density at radius 3 is 2.15 bits per heavy atom. The fourth-order valence-electron chi connectivity index (χ4n) is 2.68. The van der Waals surface area contributed by atoms with Gasteiger partial charge in [0.1, 0.15) is 0 Å². The summed E-state index contributed by atoms with van der Waals surface area (Å²) in [6, 6.07) is 16.6. The molecule has 0 aliphatic rings. The van der Waals surface area contributed by atoms with E-state index in [0.717, 1.165) is 34.2 Å². The molecule has 7 heteroatoms. The lowest BCUT2D eigenvalue weighted by Gasteiger charge is -2.09. The van der Waals surface area contributed by atoms with Crippen LogP contribution in [0.2, 0.25) is 0 Å². The van der Waals surface area contributed by atoms with Gasteiger partial charge in [0.05, 0.1) is 6.26 Å². The van der Waals surface area contributed by atoms with Crippen LogP contribution in [-0.2, 0) is 14.8 Å². The second kappa shape index (κ2) is 7.59. The molecular formula is C20H19N3O3S. The minimum atomic E-state index is -3.30. The van der Waals surface area contributed by atoms with Gasteiger partial charge in [-0.2, -0.15) is 0 Å². The first-order valence-electron chi connectivity index (χ1n) is 8.21. The zero-order valence-electron chi connectivity index (χ0n) is 14.9. The summed E-state index contributed by atoms with van der Waals surface area (Å²) >= 11 is 0. The molecule has 0 unspecified atom stereocenters. The third-order valence-electron chi connectivity index (χ3n) is 3.78. The number of sulfonamides is 1. The molecular weight excluding hydrogens is 362 g/mol. The van der Waals surface area contributed by atoms with Crippen molar-refractivity contribution in [1.29, 1.82) is 0 Å².